The molecule has 0 bridgehead atoms. The van der Waals surface area contributed by atoms with Gasteiger partial charge >= 0.3 is 0 Å². The first-order valence-electron chi connectivity index (χ1n) is 2.03. The van der Waals surface area contributed by atoms with Crippen molar-refractivity contribution in [2.24, 2.45) is 0 Å². The minimum Gasteiger partial charge on any atom is -0.285 e. The molecule has 0 saturated carbocycles. The van der Waals surface area contributed by atoms with E-state index in [2.05, 4.69) is 20.9 Å². The van der Waals surface area contributed by atoms with Crippen LogP contribution in [0.15, 0.2) is 18.7 Å². The lowest BCUT2D eigenvalue weighted by atomic mass is 10.9. The predicted molar refractivity (Wildman–Crippen MR) is 34.3 cm³/mol. The normalized spacial score (nSPS) is 9.12. The molecule has 8 heavy (non-hydrogen) atoms. The van der Waals surface area contributed by atoms with Crippen molar-refractivity contribution in [3.8, 4) is 0 Å². The maximum atomic E-state index is 6.99. The van der Waals surface area contributed by atoms with Crippen molar-refractivity contribution in [1.29, 1.82) is 5.41 Å². The second-order valence-electron chi connectivity index (χ2n) is 1.26. The molecule has 0 aliphatic carbocycles. The molecule has 1 rings (SSSR count). The van der Waals surface area contributed by atoms with Crippen molar-refractivity contribution in [1.82, 2.24) is 9.55 Å². The standard InChI is InChI=1S/C4H4BrN3/c5-4(6)8-2-1-7-3-8/h1-3,6H. The summed E-state index contributed by atoms with van der Waals surface area (Å²) >= 11 is 2.97. The first kappa shape index (κ1) is 5.50. The topological polar surface area (TPSA) is 41.7 Å². The molecule has 0 spiro atoms. The van der Waals surface area contributed by atoms with Crippen LogP contribution in [-0.4, -0.2) is 14.3 Å². The Kier molecular flexibility index (Phi) is 1.43. The van der Waals surface area contributed by atoms with E-state index >= 15 is 0 Å². The summed E-state index contributed by atoms with van der Waals surface area (Å²) in [5.74, 6) is 0. The van der Waals surface area contributed by atoms with Gasteiger partial charge < -0.3 is 0 Å². The van der Waals surface area contributed by atoms with E-state index in [-0.39, 0.29) is 0 Å². The maximum absolute atomic E-state index is 6.99. The van der Waals surface area contributed by atoms with E-state index in [1.165, 1.54) is 0 Å². The Balaban J connectivity index is 2.93. The van der Waals surface area contributed by atoms with Gasteiger partial charge in [0.2, 0.25) is 0 Å². The maximum Gasteiger partial charge on any atom is 0.174 e. The van der Waals surface area contributed by atoms with Crippen molar-refractivity contribution in [3.05, 3.63) is 18.7 Å². The summed E-state index contributed by atoms with van der Waals surface area (Å²) < 4.78 is 1.86. The summed E-state index contributed by atoms with van der Waals surface area (Å²) in [5.41, 5.74) is 0. The molecule has 1 aromatic heterocycles. The lowest BCUT2D eigenvalue weighted by molar-refractivity contribution is 1.14. The Morgan fingerprint density at radius 1 is 1.75 bits per heavy atom. The number of halogens is 1. The quantitative estimate of drug-likeness (QED) is 0.463. The van der Waals surface area contributed by atoms with Crippen LogP contribution in [0.4, 0.5) is 0 Å². The Hall–Kier alpha value is -0.640. The van der Waals surface area contributed by atoms with Crippen LogP contribution in [0.25, 0.3) is 0 Å². The summed E-state index contributed by atoms with van der Waals surface area (Å²) in [6, 6.07) is 0. The van der Waals surface area contributed by atoms with Gasteiger partial charge in [-0.2, -0.15) is 0 Å². The highest BCUT2D eigenvalue weighted by Crippen LogP contribution is 1.90. The van der Waals surface area contributed by atoms with Crippen LogP contribution in [0.5, 0.6) is 0 Å². The Bertz CT molecular complexity index is 179. The minimum absolute atomic E-state index is 0.301. The van der Waals surface area contributed by atoms with Gasteiger partial charge in [0, 0.05) is 12.4 Å². The van der Waals surface area contributed by atoms with Crippen LogP contribution in [0.3, 0.4) is 0 Å². The predicted octanol–water partition coefficient (Wildman–Crippen LogP) is 1.06. The molecular formula is C4H4BrN3. The van der Waals surface area contributed by atoms with Gasteiger partial charge in [-0.05, 0) is 15.9 Å². The van der Waals surface area contributed by atoms with Gasteiger partial charge in [-0.15, -0.1) is 0 Å². The lowest BCUT2D eigenvalue weighted by Gasteiger charge is -1.89. The lowest BCUT2D eigenvalue weighted by Crippen LogP contribution is -1.96. The number of hydrogen-bond acceptors (Lipinski definition) is 2. The molecule has 1 heterocycles. The molecule has 0 aromatic carbocycles. The fourth-order valence-corrected chi connectivity index (χ4v) is 0.585. The van der Waals surface area contributed by atoms with Crippen LogP contribution in [-0.2, 0) is 0 Å². The fraction of sp³-hybridized carbons (Fsp3) is 0. The SMILES string of the molecule is N=C(Br)n1ccnc1. The molecule has 3 nitrogen and oxygen atoms in total. The molecule has 0 fully saturated rings. The number of hydrogen-bond donors (Lipinski definition) is 1. The molecule has 0 radical (unpaired) electrons. The molecule has 1 N–H and O–H groups in total. The molecule has 1 aromatic rings. The number of nitrogens with one attached hydrogen (secondary N) is 1. The molecular weight excluding hydrogens is 170 g/mol. The highest BCUT2D eigenvalue weighted by Gasteiger charge is 1.88. The third kappa shape index (κ3) is 0.949. The Morgan fingerprint density at radius 2 is 2.50 bits per heavy atom. The summed E-state index contributed by atoms with van der Waals surface area (Å²) in [5, 5.41) is 6.99. The molecule has 0 aliphatic heterocycles. The van der Waals surface area contributed by atoms with Crippen molar-refractivity contribution in [2.45, 2.75) is 0 Å². The third-order valence-corrected chi connectivity index (χ3v) is 1.14. The number of nitrogens with zero attached hydrogens (tertiary/aromatic N) is 2. The van der Waals surface area contributed by atoms with E-state index in [4.69, 9.17) is 5.41 Å². The first-order valence-corrected chi connectivity index (χ1v) is 2.82. The second-order valence-corrected chi connectivity index (χ2v) is 2.01. The largest absolute Gasteiger partial charge is 0.285 e. The average Bonchev–Trinajstić information content (AvgIpc) is 2.12. The third-order valence-electron chi connectivity index (χ3n) is 0.731. The van der Waals surface area contributed by atoms with E-state index in [9.17, 15) is 0 Å². The second kappa shape index (κ2) is 2.09. The monoisotopic (exact) mass is 173 g/mol. The minimum atomic E-state index is 0.301. The van der Waals surface area contributed by atoms with Crippen molar-refractivity contribution < 1.29 is 0 Å². The van der Waals surface area contributed by atoms with Crippen molar-refractivity contribution >= 4 is 20.7 Å². The zero-order valence-corrected chi connectivity index (χ0v) is 5.59. The molecule has 4 heteroatoms. The molecule has 0 saturated heterocycles. The van der Waals surface area contributed by atoms with E-state index < -0.39 is 0 Å². The summed E-state index contributed by atoms with van der Waals surface area (Å²) in [6.07, 6.45) is 4.87. The molecule has 0 unspecified atom stereocenters. The molecule has 0 atom stereocenters. The highest BCUT2D eigenvalue weighted by molar-refractivity contribution is 9.18. The zero-order chi connectivity index (χ0) is 5.98. The fourth-order valence-electron chi connectivity index (χ4n) is 0.375. The average molecular weight is 174 g/mol. The highest BCUT2D eigenvalue weighted by atomic mass is 79.9. The van der Waals surface area contributed by atoms with E-state index in [1.54, 1.807) is 23.3 Å². The summed E-state index contributed by atoms with van der Waals surface area (Å²) in [6.45, 7) is 0. The molecule has 0 amide bonds. The summed E-state index contributed by atoms with van der Waals surface area (Å²) in [4.78, 5) is 3.74. The smallest absolute Gasteiger partial charge is 0.174 e. The van der Waals surface area contributed by atoms with E-state index in [0.717, 1.165) is 0 Å². The van der Waals surface area contributed by atoms with E-state index in [0.29, 0.717) is 4.74 Å². The zero-order valence-electron chi connectivity index (χ0n) is 4.00. The van der Waals surface area contributed by atoms with Gasteiger partial charge in [-0.3, -0.25) is 9.98 Å². The van der Waals surface area contributed by atoms with Crippen LogP contribution >= 0.6 is 15.9 Å². The number of rotatable bonds is 0. The van der Waals surface area contributed by atoms with Crippen molar-refractivity contribution in [2.75, 3.05) is 0 Å². The van der Waals surface area contributed by atoms with Crippen LogP contribution in [0.1, 0.15) is 0 Å². The van der Waals surface area contributed by atoms with Gasteiger partial charge in [0.25, 0.3) is 0 Å². The van der Waals surface area contributed by atoms with Gasteiger partial charge in [-0.25, -0.2) is 4.98 Å². The number of aromatic nitrogens is 2. The molecule has 42 valence electrons. The van der Waals surface area contributed by atoms with Gasteiger partial charge in [0.05, 0.1) is 0 Å². The van der Waals surface area contributed by atoms with Crippen molar-refractivity contribution in [3.63, 3.8) is 0 Å². The van der Waals surface area contributed by atoms with Crippen LogP contribution < -0.4 is 0 Å². The van der Waals surface area contributed by atoms with Gasteiger partial charge in [0.15, 0.2) is 4.74 Å². The van der Waals surface area contributed by atoms with E-state index in [1.807, 2.05) is 0 Å². The Labute approximate surface area is 55.0 Å². The van der Waals surface area contributed by atoms with Crippen LogP contribution in [0, 0.1) is 5.41 Å². The summed E-state index contributed by atoms with van der Waals surface area (Å²) in [7, 11) is 0. The van der Waals surface area contributed by atoms with Gasteiger partial charge in [0.1, 0.15) is 6.33 Å². The van der Waals surface area contributed by atoms with Crippen LogP contribution in [0.2, 0.25) is 0 Å². The molecule has 0 aliphatic rings. The van der Waals surface area contributed by atoms with Gasteiger partial charge in [-0.1, -0.05) is 0 Å². The first-order chi connectivity index (χ1) is 3.80. The Morgan fingerprint density at radius 3 is 2.75 bits per heavy atom. The number of imidazole rings is 1.